The number of rotatable bonds is 1. The molecule has 0 spiro atoms. The first kappa shape index (κ1) is 12.4. The van der Waals surface area contributed by atoms with Crippen LogP contribution in [-0.4, -0.2) is 10.2 Å². The molecule has 2 aromatic carbocycles. The third-order valence-electron chi connectivity index (χ3n) is 2.34. The summed E-state index contributed by atoms with van der Waals surface area (Å²) in [6.07, 6.45) is 0. The van der Waals surface area contributed by atoms with E-state index in [4.69, 9.17) is 34.8 Å². The van der Waals surface area contributed by atoms with Crippen LogP contribution in [0.1, 0.15) is 0 Å². The fourth-order valence-corrected chi connectivity index (χ4v) is 2.22. The first-order chi connectivity index (χ1) is 8.04. The van der Waals surface area contributed by atoms with E-state index in [1.165, 1.54) is 0 Å². The van der Waals surface area contributed by atoms with Gasteiger partial charge in [0.25, 0.3) is 0 Å². The normalized spacial score (nSPS) is 10.5. The molecule has 0 aliphatic rings. The van der Waals surface area contributed by atoms with Crippen LogP contribution < -0.4 is 0 Å². The van der Waals surface area contributed by atoms with Gasteiger partial charge in [0.2, 0.25) is 0 Å². The number of hydrogen-bond acceptors (Lipinski definition) is 2. The molecule has 0 bridgehead atoms. The quantitative estimate of drug-likeness (QED) is 0.745. The minimum atomic E-state index is -0.421. The summed E-state index contributed by atoms with van der Waals surface area (Å²) in [4.78, 5) is 0. The van der Waals surface area contributed by atoms with Crippen molar-refractivity contribution in [3.05, 3.63) is 45.4 Å². The maximum Gasteiger partial charge on any atom is 0.158 e. The predicted molar refractivity (Wildman–Crippen MR) is 70.2 cm³/mol. The lowest BCUT2D eigenvalue weighted by Gasteiger charge is -2.12. The summed E-state index contributed by atoms with van der Waals surface area (Å²) >= 11 is 17.6. The second-order valence-electron chi connectivity index (χ2n) is 3.38. The zero-order valence-electron chi connectivity index (χ0n) is 8.42. The van der Waals surface area contributed by atoms with E-state index in [9.17, 15) is 10.2 Å². The Morgan fingerprint density at radius 1 is 0.706 bits per heavy atom. The molecule has 2 nitrogen and oxygen atoms in total. The van der Waals surface area contributed by atoms with Crippen LogP contribution >= 0.6 is 34.8 Å². The van der Waals surface area contributed by atoms with Crippen LogP contribution in [-0.2, 0) is 0 Å². The molecule has 0 heterocycles. The van der Waals surface area contributed by atoms with Gasteiger partial charge in [-0.3, -0.25) is 0 Å². The number of phenolic OH excluding ortho intramolecular Hbond substituents is 2. The van der Waals surface area contributed by atoms with E-state index in [2.05, 4.69) is 0 Å². The molecule has 2 N–H and O–H groups in total. The van der Waals surface area contributed by atoms with Crippen LogP contribution in [0.5, 0.6) is 11.5 Å². The zero-order chi connectivity index (χ0) is 12.6. The first-order valence-corrected chi connectivity index (χ1v) is 5.81. The molecule has 0 unspecified atom stereocenters. The molecule has 0 saturated heterocycles. The van der Waals surface area contributed by atoms with Crippen LogP contribution in [0, 0.1) is 0 Å². The van der Waals surface area contributed by atoms with Gasteiger partial charge in [-0.25, -0.2) is 0 Å². The maximum absolute atomic E-state index is 9.90. The molecule has 5 heteroatoms. The highest BCUT2D eigenvalue weighted by molar-refractivity contribution is 6.47. The molecule has 0 amide bonds. The molecule has 0 fully saturated rings. The van der Waals surface area contributed by atoms with Crippen LogP contribution in [0.4, 0.5) is 0 Å². The van der Waals surface area contributed by atoms with Crippen molar-refractivity contribution in [2.24, 2.45) is 0 Å². The molecule has 17 heavy (non-hydrogen) atoms. The van der Waals surface area contributed by atoms with E-state index in [0.717, 1.165) is 0 Å². The Kier molecular flexibility index (Phi) is 3.38. The van der Waals surface area contributed by atoms with Crippen LogP contribution in [0.25, 0.3) is 11.1 Å². The van der Waals surface area contributed by atoms with Crippen molar-refractivity contribution in [2.75, 3.05) is 0 Å². The van der Waals surface area contributed by atoms with Crippen molar-refractivity contribution in [2.45, 2.75) is 0 Å². The van der Waals surface area contributed by atoms with Gasteiger partial charge in [-0.15, -0.1) is 0 Å². The Bertz CT molecular complexity index is 539. The summed E-state index contributed by atoms with van der Waals surface area (Å²) in [6.45, 7) is 0. The van der Waals surface area contributed by atoms with E-state index >= 15 is 0 Å². The van der Waals surface area contributed by atoms with Crippen molar-refractivity contribution >= 4 is 34.8 Å². The van der Waals surface area contributed by atoms with Gasteiger partial charge in [-0.2, -0.15) is 0 Å². The van der Waals surface area contributed by atoms with Gasteiger partial charge in [0.15, 0.2) is 5.75 Å². The summed E-state index contributed by atoms with van der Waals surface area (Å²) in [6, 6.07) is 8.92. The zero-order valence-corrected chi connectivity index (χ0v) is 10.7. The van der Waals surface area contributed by atoms with E-state index in [-0.39, 0.29) is 20.8 Å². The molecular weight excluding hydrogens is 282 g/mol. The monoisotopic (exact) mass is 288 g/mol. The Morgan fingerprint density at radius 2 is 1.29 bits per heavy atom. The topological polar surface area (TPSA) is 40.5 Å². The average molecular weight is 290 g/mol. The van der Waals surface area contributed by atoms with Gasteiger partial charge >= 0.3 is 0 Å². The second kappa shape index (κ2) is 4.65. The summed E-state index contributed by atoms with van der Waals surface area (Å²) in [5.74, 6) is -0.708. The molecule has 0 aromatic heterocycles. The third kappa shape index (κ3) is 2.04. The van der Waals surface area contributed by atoms with E-state index < -0.39 is 5.75 Å². The van der Waals surface area contributed by atoms with Crippen molar-refractivity contribution in [3.63, 3.8) is 0 Å². The Balaban J connectivity index is 2.80. The lowest BCUT2D eigenvalue weighted by Crippen LogP contribution is -1.85. The largest absolute Gasteiger partial charge is 0.506 e. The van der Waals surface area contributed by atoms with Crippen LogP contribution in [0.3, 0.4) is 0 Å². The Hall–Kier alpha value is -1.09. The highest BCUT2D eigenvalue weighted by Crippen LogP contribution is 2.50. The van der Waals surface area contributed by atoms with Gasteiger partial charge in [-0.05, 0) is 5.56 Å². The highest BCUT2D eigenvalue weighted by atomic mass is 35.5. The first-order valence-electron chi connectivity index (χ1n) is 4.67. The van der Waals surface area contributed by atoms with Crippen LogP contribution in [0.2, 0.25) is 15.1 Å². The van der Waals surface area contributed by atoms with E-state index in [1.54, 1.807) is 24.3 Å². The van der Waals surface area contributed by atoms with Crippen molar-refractivity contribution < 1.29 is 10.2 Å². The number of benzene rings is 2. The molecule has 2 rings (SSSR count). The standard InChI is InChI=1S/C12H7Cl3O2/c13-8-7(6-4-2-1-3-5-6)11(16)10(15)12(17)9(8)14/h1-5,16-17H. The smallest absolute Gasteiger partial charge is 0.158 e. The molecular formula is C12H7Cl3O2. The summed E-state index contributed by atoms with van der Waals surface area (Å²) in [5.41, 5.74) is 0.971. The van der Waals surface area contributed by atoms with Gasteiger partial charge in [-0.1, -0.05) is 65.1 Å². The highest BCUT2D eigenvalue weighted by Gasteiger charge is 2.21. The molecule has 88 valence electrons. The minimum absolute atomic E-state index is 0.0669. The number of halogens is 3. The van der Waals surface area contributed by atoms with E-state index in [0.29, 0.717) is 11.1 Å². The van der Waals surface area contributed by atoms with Crippen LogP contribution in [0.15, 0.2) is 30.3 Å². The lowest BCUT2D eigenvalue weighted by atomic mass is 10.0. The Morgan fingerprint density at radius 3 is 1.88 bits per heavy atom. The van der Waals surface area contributed by atoms with Crippen molar-refractivity contribution in [1.29, 1.82) is 0 Å². The number of hydrogen-bond donors (Lipinski definition) is 2. The van der Waals surface area contributed by atoms with Gasteiger partial charge in [0.1, 0.15) is 15.8 Å². The fraction of sp³-hybridized carbons (Fsp3) is 0. The fourth-order valence-electron chi connectivity index (χ4n) is 1.50. The van der Waals surface area contributed by atoms with Gasteiger partial charge < -0.3 is 10.2 Å². The summed E-state index contributed by atoms with van der Waals surface area (Å²) in [7, 11) is 0. The molecule has 0 radical (unpaired) electrons. The average Bonchev–Trinajstić information content (AvgIpc) is 2.36. The van der Waals surface area contributed by atoms with Crippen molar-refractivity contribution in [3.8, 4) is 22.6 Å². The summed E-state index contributed by atoms with van der Waals surface area (Å²) < 4.78 is 0. The second-order valence-corrected chi connectivity index (χ2v) is 4.51. The number of phenols is 2. The molecule has 0 aliphatic carbocycles. The van der Waals surface area contributed by atoms with E-state index in [1.807, 2.05) is 6.07 Å². The van der Waals surface area contributed by atoms with Crippen molar-refractivity contribution in [1.82, 2.24) is 0 Å². The molecule has 2 aromatic rings. The Labute approximate surface area is 113 Å². The molecule has 0 atom stereocenters. The summed E-state index contributed by atoms with van der Waals surface area (Å²) in [5, 5.41) is 19.2. The number of aromatic hydroxyl groups is 2. The minimum Gasteiger partial charge on any atom is -0.506 e. The maximum atomic E-state index is 9.90. The van der Waals surface area contributed by atoms with Gasteiger partial charge in [0.05, 0.1) is 5.02 Å². The molecule has 0 aliphatic heterocycles. The molecule has 0 saturated carbocycles. The predicted octanol–water partition coefficient (Wildman–Crippen LogP) is 4.73. The SMILES string of the molecule is Oc1c(Cl)c(O)c(-c2ccccc2)c(Cl)c1Cl. The van der Waals surface area contributed by atoms with Gasteiger partial charge in [0, 0.05) is 5.56 Å². The third-order valence-corrected chi connectivity index (χ3v) is 3.54. The lowest BCUT2D eigenvalue weighted by molar-refractivity contribution is 0.452.